The topological polar surface area (TPSA) is 380 Å². The molecule has 3 aliphatic heterocycles. The minimum Gasteiger partial charge on any atom is -0.793 e. The van der Waals surface area contributed by atoms with Crippen molar-refractivity contribution in [2.75, 3.05) is 135 Å². The zero-order valence-electron chi connectivity index (χ0n) is 80.2. The Bertz CT molecular complexity index is 5530. The number of pyridine rings is 3. The van der Waals surface area contributed by atoms with E-state index in [-0.39, 0.29) is 175 Å². The third-order valence-electron chi connectivity index (χ3n) is 22.3. The van der Waals surface area contributed by atoms with Crippen molar-refractivity contribution < 1.29 is 124 Å². The third kappa shape index (κ3) is 42.4. The number of nitrogens with zero attached hydrogens (tertiary/aromatic N) is 11. The smallest absolute Gasteiger partial charge is 0.793 e. The number of ether oxygens (including phenoxy) is 3. The van der Waals surface area contributed by atoms with E-state index in [9.17, 15) is 65.9 Å². The summed E-state index contributed by atoms with van der Waals surface area (Å²) in [7, 11) is 9.28. The summed E-state index contributed by atoms with van der Waals surface area (Å²) >= 11 is 18.2. The molecule has 761 valence electrons. The predicted molar refractivity (Wildman–Crippen MR) is 550 cm³/mol. The van der Waals surface area contributed by atoms with Gasteiger partial charge in [-0.1, -0.05) is 151 Å². The van der Waals surface area contributed by atoms with Crippen LogP contribution in [0.2, 0.25) is 15.1 Å². The van der Waals surface area contributed by atoms with Crippen LogP contribution < -0.4 is 61.5 Å². The molecule has 3 atom stereocenters. The molecule has 141 heavy (non-hydrogen) atoms. The summed E-state index contributed by atoms with van der Waals surface area (Å²) in [6.45, 7) is 20.9. The van der Waals surface area contributed by atoms with Gasteiger partial charge >= 0.3 is 71.8 Å². The molecule has 0 unspecified atom stereocenters. The summed E-state index contributed by atoms with van der Waals surface area (Å²) < 4.78 is 61.8. The number of likely N-dealkylation sites (N-methyl/N-ethyl adjacent to an activating group) is 3. The van der Waals surface area contributed by atoms with Crippen molar-refractivity contribution in [1.29, 1.82) is 0 Å². The van der Waals surface area contributed by atoms with Crippen LogP contribution in [0.4, 0.5) is 54.6 Å². The molecule has 3 radical (unpaired) electrons. The van der Waals surface area contributed by atoms with Gasteiger partial charge in [0.1, 0.15) is 54.7 Å². The van der Waals surface area contributed by atoms with Crippen LogP contribution in [-0.2, 0) is 77.0 Å². The third-order valence-corrected chi connectivity index (χ3v) is 23.6. The number of hydrogen-bond acceptors (Lipinski definition) is 24. The van der Waals surface area contributed by atoms with Crippen molar-refractivity contribution in [3.05, 3.63) is 213 Å². The molecule has 9 aromatic rings. The minimum atomic E-state index is -0.735. The van der Waals surface area contributed by atoms with Gasteiger partial charge in [0.25, 0.3) is 0 Å². The molecule has 0 spiro atoms. The number of aromatic nitrogens is 3. The first kappa shape index (κ1) is 124. The standard InChI is InChI=1S/C31H38ClFN6O4.C30H37ClFN5O3.C28H32ClFN6O4.C4H6O4.C2H3BO2.CH4.Na.3H2S/c1-21(2)38-13-15-39(16-14-38)28(40)12-11-25(37(3)30(41)35-19-24-9-6-10-26(33)29(24)32)20-43-31(42)36-27-17-22-7-4-5-8-23(22)18-34-27;1-21(2)36-13-15-37(16-14-36)28(38)12-11-25(35(3)19-24-9-6-10-26(32)29(24)31)20-40-30(39)34-27-17-22-7-4-5-8-23(22)18-33-27;1-35(27(38)33-17-21-7-4-8-23(30)26(21)29)22(9-10-25(37)36-13-11-31-12-14-36)18-40-28(39)34-24-15-19-5-2-3-6-20(19)16-32-24;1-3(5)7-8-4(2)6;1-2(4)5-3;;;;;/h4-10,17-18,21,25H,11-16,19-20H2,1-3H3,(H,35,41)(H,34,36,42);4-10,17-18,21,25H,11-16,19-20H2,1-3H3,(H,33,34,39);2-8,15-16,22,31H,9-14,17-18H2,1H3,(H,33,38)(H,32,34,39);1-2H3;1H3;1H4;;3*1H2/q;;;;-1;;+1;;;/t2*25-;22-;;;;;;;/m000......./s1. The first-order valence-electron chi connectivity index (χ1n) is 44.2. The zero-order valence-corrected chi connectivity index (χ0v) is 87.4. The molecule has 0 aliphatic carbocycles. The summed E-state index contributed by atoms with van der Waals surface area (Å²) in [6, 6.07) is 40.0. The molecule has 10 amide bonds. The van der Waals surface area contributed by atoms with Gasteiger partial charge in [0.05, 0.1) is 27.2 Å². The van der Waals surface area contributed by atoms with Crippen LogP contribution in [0.25, 0.3) is 32.3 Å². The maximum atomic E-state index is 14.0. The number of piperazine rings is 3. The van der Waals surface area contributed by atoms with Crippen LogP contribution in [0.15, 0.2) is 164 Å². The molecule has 6 heterocycles. The minimum absolute atomic E-state index is 0. The van der Waals surface area contributed by atoms with Gasteiger partial charge in [-0.3, -0.25) is 49.8 Å². The van der Waals surface area contributed by atoms with Crippen LogP contribution in [0.5, 0.6) is 0 Å². The Morgan fingerprint density at radius 3 is 1.03 bits per heavy atom. The van der Waals surface area contributed by atoms with Crippen molar-refractivity contribution in [2.45, 2.75) is 144 Å². The molecule has 3 aliphatic rings. The first-order valence-corrected chi connectivity index (χ1v) is 45.3. The molecule has 3 fully saturated rings. The Morgan fingerprint density at radius 1 is 0.426 bits per heavy atom. The van der Waals surface area contributed by atoms with E-state index < -0.39 is 77.8 Å². The number of amides is 10. The van der Waals surface area contributed by atoms with E-state index in [0.717, 1.165) is 85.4 Å². The molecule has 6 N–H and O–H groups in total. The van der Waals surface area contributed by atoms with Crippen LogP contribution >= 0.6 is 75.3 Å². The summed E-state index contributed by atoms with van der Waals surface area (Å²) in [5, 5.41) is 22.1. The van der Waals surface area contributed by atoms with Crippen molar-refractivity contribution in [3.63, 3.8) is 0 Å². The van der Waals surface area contributed by atoms with Crippen molar-refractivity contribution in [1.82, 2.24) is 70.1 Å². The summed E-state index contributed by atoms with van der Waals surface area (Å²) in [5.41, 5.74) is 1.47. The van der Waals surface area contributed by atoms with Gasteiger partial charge in [0.15, 0.2) is 0 Å². The molecular weight excluding hydrogens is 1960 g/mol. The SMILES string of the molecule is C.CC(=O)OOC(C)=O.CC(C)N1CCN(C(=O)CC[C@@H](COC(=O)Nc2cc3ccccc3cn2)N(C)C(=O)NCc2cccc(F)c2Cl)CC1.CC(C)N1CCN(C(=O)CC[C@@H](COC(=O)Nc2cc3ccccc3cn2)N(C)Cc2cccc(F)c2Cl)CC1.CN(C(=O)NCc1cccc(F)c1Cl)[C@@H](CCC(=O)N1CCNCC1)COC(=O)Nc1cc2ccccc2cn1.S.S.S.[B-]OC(C)=O.[Na+]. The van der Waals surface area contributed by atoms with E-state index in [1.54, 1.807) is 80.1 Å². The second kappa shape index (κ2) is 64.8. The van der Waals surface area contributed by atoms with E-state index in [1.165, 1.54) is 47.1 Å². The van der Waals surface area contributed by atoms with E-state index in [4.69, 9.17) is 49.0 Å². The van der Waals surface area contributed by atoms with Crippen LogP contribution in [0, 0.1) is 17.5 Å². The number of hydrogen-bond donors (Lipinski definition) is 6. The maximum absolute atomic E-state index is 14.0. The number of halogens is 6. The monoisotopic (exact) mass is 2080 g/mol. The molecule has 3 aromatic heterocycles. The van der Waals surface area contributed by atoms with E-state index in [2.05, 4.69) is 107 Å². The van der Waals surface area contributed by atoms with Crippen molar-refractivity contribution in [2.24, 2.45) is 0 Å². The number of urea groups is 2. The number of carbonyl (C=O) groups excluding carboxylic acids is 11. The number of carbonyl (C=O) groups is 11. The fourth-order valence-electron chi connectivity index (χ4n) is 14.3. The second-order valence-corrected chi connectivity index (χ2v) is 33.6. The number of benzene rings is 6. The quantitative estimate of drug-likeness (QED) is 0.0110. The number of nitrogens with one attached hydrogen (secondary N) is 6. The second-order valence-electron chi connectivity index (χ2n) is 32.5. The van der Waals surface area contributed by atoms with E-state index >= 15 is 0 Å². The van der Waals surface area contributed by atoms with Gasteiger partial charge < -0.3 is 67.4 Å². The Morgan fingerprint density at radius 2 is 0.716 bits per heavy atom. The number of rotatable bonds is 29. The Balaban J connectivity index is 0.000000502. The van der Waals surface area contributed by atoms with Gasteiger partial charge in [-0.15, -0.1) is 0 Å². The van der Waals surface area contributed by atoms with E-state index in [1.807, 2.05) is 94.5 Å². The predicted octanol–water partition coefficient (Wildman–Crippen LogP) is 12.2. The van der Waals surface area contributed by atoms with Gasteiger partial charge in [0, 0.05) is 205 Å². The van der Waals surface area contributed by atoms with Crippen LogP contribution in [0.1, 0.15) is 111 Å². The fraction of sp³-hybridized carbons (Fsp3) is 0.417. The Hall–Kier alpha value is -10.7. The largest absolute Gasteiger partial charge is 1.00 e. The average molecular weight is 2080 g/mol. The molecule has 0 bridgehead atoms. The van der Waals surface area contributed by atoms with Crippen LogP contribution in [0.3, 0.4) is 0 Å². The van der Waals surface area contributed by atoms with Gasteiger partial charge in [-0.25, -0.2) is 71.5 Å². The fourth-order valence-corrected chi connectivity index (χ4v) is 14.9. The van der Waals surface area contributed by atoms with Gasteiger partial charge in [0.2, 0.25) is 23.7 Å². The molecule has 45 heteroatoms. The van der Waals surface area contributed by atoms with Crippen molar-refractivity contribution >= 4 is 199 Å². The summed E-state index contributed by atoms with van der Waals surface area (Å²) in [4.78, 5) is 167. The van der Waals surface area contributed by atoms with Crippen molar-refractivity contribution in [3.8, 4) is 0 Å². The molecular formula is C96H126BCl3F3N17NaO17S3. The van der Waals surface area contributed by atoms with Gasteiger partial charge in [-0.2, -0.15) is 40.5 Å². The Kier molecular flexibility index (Phi) is 57.2. The van der Waals surface area contributed by atoms with Gasteiger partial charge in [-0.05, 0) is 123 Å². The molecule has 3 saturated heterocycles. The molecule has 0 saturated carbocycles. The Labute approximate surface area is 879 Å². The van der Waals surface area contributed by atoms with Crippen LogP contribution in [-0.4, -0.2) is 278 Å². The molecule has 6 aromatic carbocycles. The summed E-state index contributed by atoms with van der Waals surface area (Å²) in [6.07, 6.45) is 4.57. The first-order chi connectivity index (χ1) is 65.0. The number of fused-ring (bicyclic) bond motifs is 3. The molecule has 12 rings (SSSR count). The number of anilines is 3. The maximum Gasteiger partial charge on any atom is 1.00 e. The molecule has 34 nitrogen and oxygen atoms in total. The zero-order chi connectivity index (χ0) is 98.9. The normalized spacial score (nSPS) is 13.3. The van der Waals surface area contributed by atoms with E-state index in [0.29, 0.717) is 105 Å². The average Bonchev–Trinajstić information content (AvgIpc) is 0.848. The summed E-state index contributed by atoms with van der Waals surface area (Å²) in [5.74, 6) is -2.31.